The van der Waals surface area contributed by atoms with Crippen molar-refractivity contribution in [1.82, 2.24) is 0 Å². The predicted octanol–water partition coefficient (Wildman–Crippen LogP) is 10.5. The van der Waals surface area contributed by atoms with Crippen molar-refractivity contribution in [1.29, 1.82) is 0 Å². The third-order valence-electron chi connectivity index (χ3n) is 6.12. The van der Waals surface area contributed by atoms with Crippen LogP contribution in [0.3, 0.4) is 0 Å². The lowest BCUT2D eigenvalue weighted by Gasteiger charge is -2.28. The minimum atomic E-state index is 0.706. The van der Waals surface area contributed by atoms with Gasteiger partial charge in [-0.15, -0.1) is 0 Å². The second-order valence-corrected chi connectivity index (χ2v) is 9.68. The zero-order valence-corrected chi connectivity index (χ0v) is 21.7. The van der Waals surface area contributed by atoms with E-state index in [1.165, 1.54) is 11.1 Å². The van der Waals surface area contributed by atoms with E-state index in [1.54, 1.807) is 0 Å². The summed E-state index contributed by atoms with van der Waals surface area (Å²) in [5, 5.41) is 1.41. The number of hydrogen-bond donors (Lipinski definition) is 0. The lowest BCUT2D eigenvalue weighted by atomic mass is 10.1. The van der Waals surface area contributed by atoms with Crippen molar-refractivity contribution in [2.45, 2.75) is 13.8 Å². The maximum absolute atomic E-state index is 6.18. The highest BCUT2D eigenvalue weighted by Gasteiger charge is 2.16. The molecule has 0 unspecified atom stereocenters. The Morgan fingerprint density at radius 1 is 0.333 bits per heavy atom. The molecule has 2 nitrogen and oxygen atoms in total. The predicted molar refractivity (Wildman–Crippen MR) is 155 cm³/mol. The molecule has 0 radical (unpaired) electrons. The first-order valence-electron chi connectivity index (χ1n) is 11.8. The van der Waals surface area contributed by atoms with Crippen LogP contribution >= 0.6 is 23.2 Å². The van der Waals surface area contributed by atoms with E-state index in [0.717, 1.165) is 34.1 Å². The van der Waals surface area contributed by atoms with Crippen LogP contribution in [0.25, 0.3) is 0 Å². The van der Waals surface area contributed by atoms with Crippen molar-refractivity contribution in [3.05, 3.63) is 142 Å². The molecule has 0 bridgehead atoms. The summed E-state index contributed by atoms with van der Waals surface area (Å²) < 4.78 is 0. The van der Waals surface area contributed by atoms with Crippen LogP contribution in [0.2, 0.25) is 10.0 Å². The van der Waals surface area contributed by atoms with Crippen LogP contribution in [0, 0.1) is 13.8 Å². The summed E-state index contributed by atoms with van der Waals surface area (Å²) >= 11 is 12.4. The van der Waals surface area contributed by atoms with E-state index < -0.39 is 0 Å². The Balaban J connectivity index is 1.57. The standard InChI is InChI=1S/C32H26Cl2N2/c1-23-3-11-27(12-4-23)35(28-13-5-24(2)6-14-28)31-19-21-32(22-20-31)36(29-15-7-25(33)8-16-29)30-17-9-26(34)10-18-30/h3-22H,1-2H3. The van der Waals surface area contributed by atoms with Crippen LogP contribution in [-0.4, -0.2) is 0 Å². The zero-order chi connectivity index (χ0) is 25.1. The number of rotatable bonds is 6. The zero-order valence-electron chi connectivity index (χ0n) is 20.2. The third-order valence-corrected chi connectivity index (χ3v) is 6.62. The highest BCUT2D eigenvalue weighted by Crippen LogP contribution is 2.39. The Labute approximate surface area is 223 Å². The Morgan fingerprint density at radius 3 is 0.778 bits per heavy atom. The van der Waals surface area contributed by atoms with Crippen LogP contribution < -0.4 is 9.80 Å². The van der Waals surface area contributed by atoms with Crippen molar-refractivity contribution >= 4 is 57.3 Å². The van der Waals surface area contributed by atoms with Gasteiger partial charge in [0.25, 0.3) is 0 Å². The van der Waals surface area contributed by atoms with Crippen LogP contribution in [0.5, 0.6) is 0 Å². The first kappa shape index (κ1) is 24.0. The highest BCUT2D eigenvalue weighted by molar-refractivity contribution is 6.31. The summed E-state index contributed by atoms with van der Waals surface area (Å²) in [5.74, 6) is 0. The molecule has 4 heteroatoms. The number of aryl methyl sites for hydroxylation is 2. The number of anilines is 6. The average Bonchev–Trinajstić information content (AvgIpc) is 2.90. The second kappa shape index (κ2) is 10.5. The molecule has 0 atom stereocenters. The molecule has 0 spiro atoms. The molecule has 0 aliphatic carbocycles. The van der Waals surface area contributed by atoms with Crippen LogP contribution in [0.4, 0.5) is 34.1 Å². The Hall–Kier alpha value is -3.72. The summed E-state index contributed by atoms with van der Waals surface area (Å²) in [6.45, 7) is 4.22. The maximum Gasteiger partial charge on any atom is 0.0463 e. The summed E-state index contributed by atoms with van der Waals surface area (Å²) in [5.41, 5.74) is 8.86. The fraction of sp³-hybridized carbons (Fsp3) is 0.0625. The van der Waals surface area contributed by atoms with E-state index in [1.807, 2.05) is 48.5 Å². The van der Waals surface area contributed by atoms with Gasteiger partial charge in [-0.25, -0.2) is 0 Å². The van der Waals surface area contributed by atoms with Crippen molar-refractivity contribution in [3.63, 3.8) is 0 Å². The van der Waals surface area contributed by atoms with Crippen molar-refractivity contribution in [2.24, 2.45) is 0 Å². The van der Waals surface area contributed by atoms with Crippen LogP contribution in [0.15, 0.2) is 121 Å². The first-order chi connectivity index (χ1) is 17.5. The summed E-state index contributed by atoms with van der Waals surface area (Å²) in [6, 6.07) is 41.6. The van der Waals surface area contributed by atoms with Gasteiger partial charge in [0.1, 0.15) is 0 Å². The van der Waals surface area contributed by atoms with Gasteiger partial charge >= 0.3 is 0 Å². The van der Waals surface area contributed by atoms with Gasteiger partial charge in [-0.1, -0.05) is 58.6 Å². The lowest BCUT2D eigenvalue weighted by Crippen LogP contribution is -2.12. The van der Waals surface area contributed by atoms with E-state index in [-0.39, 0.29) is 0 Å². The van der Waals surface area contributed by atoms with Gasteiger partial charge in [-0.3, -0.25) is 0 Å². The van der Waals surface area contributed by atoms with Gasteiger partial charge in [-0.05, 0) is 111 Å². The van der Waals surface area contributed by atoms with E-state index >= 15 is 0 Å². The number of halogens is 2. The van der Waals surface area contributed by atoms with Crippen LogP contribution in [-0.2, 0) is 0 Å². The quantitative estimate of drug-likeness (QED) is 0.225. The summed E-state index contributed by atoms with van der Waals surface area (Å²) in [4.78, 5) is 4.47. The first-order valence-corrected chi connectivity index (χ1v) is 12.6. The minimum Gasteiger partial charge on any atom is -0.311 e. The molecule has 0 heterocycles. The fourth-order valence-electron chi connectivity index (χ4n) is 4.21. The average molecular weight is 509 g/mol. The largest absolute Gasteiger partial charge is 0.311 e. The minimum absolute atomic E-state index is 0.706. The van der Waals surface area contributed by atoms with Gasteiger partial charge in [0.05, 0.1) is 0 Å². The van der Waals surface area contributed by atoms with Gasteiger partial charge in [0.2, 0.25) is 0 Å². The molecule has 0 aromatic heterocycles. The summed E-state index contributed by atoms with van der Waals surface area (Å²) in [7, 11) is 0. The smallest absolute Gasteiger partial charge is 0.0463 e. The van der Waals surface area contributed by atoms with Crippen molar-refractivity contribution in [3.8, 4) is 0 Å². The molecule has 0 saturated heterocycles. The van der Waals surface area contributed by atoms with Crippen LogP contribution in [0.1, 0.15) is 11.1 Å². The topological polar surface area (TPSA) is 6.48 Å². The van der Waals surface area contributed by atoms with Crippen molar-refractivity contribution in [2.75, 3.05) is 9.80 Å². The fourth-order valence-corrected chi connectivity index (χ4v) is 4.47. The molecule has 0 aliphatic heterocycles. The number of nitrogens with zero attached hydrogens (tertiary/aromatic N) is 2. The molecule has 5 aromatic carbocycles. The monoisotopic (exact) mass is 508 g/mol. The molecule has 0 aliphatic rings. The summed E-state index contributed by atoms with van der Waals surface area (Å²) in [6.07, 6.45) is 0. The molecule has 178 valence electrons. The van der Waals surface area contributed by atoms with Gasteiger partial charge in [0.15, 0.2) is 0 Å². The Morgan fingerprint density at radius 2 is 0.528 bits per heavy atom. The lowest BCUT2D eigenvalue weighted by molar-refractivity contribution is 1.25. The van der Waals surface area contributed by atoms with E-state index in [9.17, 15) is 0 Å². The molecular formula is C32H26Cl2N2. The molecule has 36 heavy (non-hydrogen) atoms. The maximum atomic E-state index is 6.18. The molecule has 0 N–H and O–H groups in total. The molecule has 0 amide bonds. The molecule has 0 fully saturated rings. The van der Waals surface area contributed by atoms with E-state index in [4.69, 9.17) is 23.2 Å². The second-order valence-electron chi connectivity index (χ2n) is 8.81. The van der Waals surface area contributed by atoms with Gasteiger partial charge in [0, 0.05) is 44.2 Å². The molecular weight excluding hydrogens is 483 g/mol. The Bertz CT molecular complexity index is 1220. The highest BCUT2D eigenvalue weighted by atomic mass is 35.5. The SMILES string of the molecule is Cc1ccc(N(c2ccc(C)cc2)c2ccc(N(c3ccc(Cl)cc3)c3ccc(Cl)cc3)cc2)cc1. The molecule has 5 rings (SSSR count). The van der Waals surface area contributed by atoms with E-state index in [2.05, 4.69) is 96.4 Å². The molecule has 0 saturated carbocycles. The number of benzene rings is 5. The molecule has 5 aromatic rings. The van der Waals surface area contributed by atoms with E-state index in [0.29, 0.717) is 10.0 Å². The number of hydrogen-bond acceptors (Lipinski definition) is 2. The Kier molecular flexibility index (Phi) is 6.99. The van der Waals surface area contributed by atoms with Gasteiger partial charge in [-0.2, -0.15) is 0 Å². The third kappa shape index (κ3) is 5.26. The van der Waals surface area contributed by atoms with Gasteiger partial charge < -0.3 is 9.80 Å². The normalized spacial score (nSPS) is 10.8. The van der Waals surface area contributed by atoms with Crippen molar-refractivity contribution < 1.29 is 0 Å².